The standard InChI is InChI=1S/C14H16FN3O4S/c1-3-9(2)18-23(20,21)11-4-5-13(15)12(6-11)14(19)17-10-7-16-22-8-10/h4-9,18H,3H2,1-2H3,(H,17,19). The molecular formula is C14H16FN3O4S. The number of rotatable bonds is 6. The lowest BCUT2D eigenvalue weighted by Crippen LogP contribution is -2.32. The summed E-state index contributed by atoms with van der Waals surface area (Å²) in [7, 11) is -3.83. The van der Waals surface area contributed by atoms with Gasteiger partial charge in [-0.1, -0.05) is 12.1 Å². The molecule has 0 aliphatic rings. The first-order chi connectivity index (χ1) is 10.8. The zero-order valence-electron chi connectivity index (χ0n) is 12.5. The number of aromatic nitrogens is 1. The third kappa shape index (κ3) is 4.14. The van der Waals surface area contributed by atoms with Crippen molar-refractivity contribution in [3.8, 4) is 0 Å². The largest absolute Gasteiger partial charge is 0.363 e. The van der Waals surface area contributed by atoms with Crippen LogP contribution in [0.3, 0.4) is 0 Å². The second kappa shape index (κ2) is 6.88. The number of carbonyl (C=O) groups excluding carboxylic acids is 1. The number of hydrogen-bond acceptors (Lipinski definition) is 5. The summed E-state index contributed by atoms with van der Waals surface area (Å²) in [6.45, 7) is 3.54. The van der Waals surface area contributed by atoms with Gasteiger partial charge in [0.15, 0.2) is 0 Å². The van der Waals surface area contributed by atoms with Crippen molar-refractivity contribution in [1.82, 2.24) is 9.88 Å². The van der Waals surface area contributed by atoms with E-state index in [0.717, 1.165) is 18.2 Å². The Morgan fingerprint density at radius 2 is 2.17 bits per heavy atom. The van der Waals surface area contributed by atoms with Gasteiger partial charge in [0, 0.05) is 6.04 Å². The van der Waals surface area contributed by atoms with Crippen LogP contribution >= 0.6 is 0 Å². The zero-order chi connectivity index (χ0) is 17.0. The fourth-order valence-corrected chi connectivity index (χ4v) is 3.08. The van der Waals surface area contributed by atoms with Crippen LogP contribution in [0.2, 0.25) is 0 Å². The molecule has 0 radical (unpaired) electrons. The van der Waals surface area contributed by atoms with Gasteiger partial charge in [-0.2, -0.15) is 0 Å². The quantitative estimate of drug-likeness (QED) is 0.838. The van der Waals surface area contributed by atoms with Crippen LogP contribution in [-0.2, 0) is 10.0 Å². The summed E-state index contributed by atoms with van der Waals surface area (Å²) in [5.41, 5.74) is -0.154. The average Bonchev–Trinajstić information content (AvgIpc) is 2.99. The van der Waals surface area contributed by atoms with E-state index < -0.39 is 27.3 Å². The van der Waals surface area contributed by atoms with Gasteiger partial charge in [0.25, 0.3) is 5.91 Å². The summed E-state index contributed by atoms with van der Waals surface area (Å²) in [5, 5.41) is 5.76. The van der Waals surface area contributed by atoms with Crippen molar-refractivity contribution in [3.63, 3.8) is 0 Å². The highest BCUT2D eigenvalue weighted by Gasteiger charge is 2.21. The first kappa shape index (κ1) is 17.1. The van der Waals surface area contributed by atoms with Crippen LogP contribution in [-0.4, -0.2) is 25.5 Å². The normalized spacial score (nSPS) is 12.8. The molecule has 7 nitrogen and oxygen atoms in total. The fraction of sp³-hybridized carbons (Fsp3) is 0.286. The molecule has 23 heavy (non-hydrogen) atoms. The van der Waals surface area contributed by atoms with E-state index in [9.17, 15) is 17.6 Å². The van der Waals surface area contributed by atoms with Gasteiger partial charge in [-0.3, -0.25) is 4.79 Å². The monoisotopic (exact) mass is 341 g/mol. The van der Waals surface area contributed by atoms with Crippen molar-refractivity contribution < 1.29 is 22.1 Å². The molecule has 1 aromatic carbocycles. The first-order valence-corrected chi connectivity index (χ1v) is 8.34. The summed E-state index contributed by atoms with van der Waals surface area (Å²) >= 11 is 0. The lowest BCUT2D eigenvalue weighted by Gasteiger charge is -2.13. The van der Waals surface area contributed by atoms with Crippen molar-refractivity contribution >= 4 is 21.6 Å². The highest BCUT2D eigenvalue weighted by Crippen LogP contribution is 2.17. The number of amides is 1. The molecule has 0 bridgehead atoms. The van der Waals surface area contributed by atoms with Gasteiger partial charge in [-0.05, 0) is 31.5 Å². The molecule has 9 heteroatoms. The van der Waals surface area contributed by atoms with Crippen LogP contribution in [0.1, 0.15) is 30.6 Å². The molecule has 2 rings (SSSR count). The van der Waals surface area contributed by atoms with Crippen LogP contribution in [0.15, 0.2) is 40.1 Å². The van der Waals surface area contributed by atoms with Crippen molar-refractivity contribution in [3.05, 3.63) is 42.0 Å². The topological polar surface area (TPSA) is 101 Å². The minimum atomic E-state index is -3.83. The molecule has 1 amide bonds. The van der Waals surface area contributed by atoms with Gasteiger partial charge >= 0.3 is 0 Å². The van der Waals surface area contributed by atoms with Crippen molar-refractivity contribution in [2.45, 2.75) is 31.2 Å². The Morgan fingerprint density at radius 3 is 2.78 bits per heavy atom. The predicted octanol–water partition coefficient (Wildman–Crippen LogP) is 2.14. The molecule has 2 N–H and O–H groups in total. The molecule has 1 aromatic heterocycles. The summed E-state index contributed by atoms with van der Waals surface area (Å²) < 4.78 is 45.3. The van der Waals surface area contributed by atoms with Crippen molar-refractivity contribution in [1.29, 1.82) is 0 Å². The SMILES string of the molecule is CCC(C)NS(=O)(=O)c1ccc(F)c(C(=O)Nc2cnoc2)c1. The smallest absolute Gasteiger partial charge is 0.258 e. The number of sulfonamides is 1. The molecule has 1 atom stereocenters. The molecular weight excluding hydrogens is 325 g/mol. The van der Waals surface area contributed by atoms with E-state index in [4.69, 9.17) is 0 Å². The molecule has 0 aliphatic heterocycles. The molecule has 0 aliphatic carbocycles. The maximum Gasteiger partial charge on any atom is 0.258 e. The highest BCUT2D eigenvalue weighted by molar-refractivity contribution is 7.89. The molecule has 124 valence electrons. The van der Waals surface area contributed by atoms with Crippen molar-refractivity contribution in [2.24, 2.45) is 0 Å². The van der Waals surface area contributed by atoms with Crippen LogP contribution in [0.5, 0.6) is 0 Å². The Balaban J connectivity index is 2.30. The Kier molecular flexibility index (Phi) is 5.12. The highest BCUT2D eigenvalue weighted by atomic mass is 32.2. The van der Waals surface area contributed by atoms with Crippen LogP contribution in [0, 0.1) is 5.82 Å². The number of benzene rings is 1. The van der Waals surface area contributed by atoms with E-state index in [2.05, 4.69) is 19.7 Å². The third-order valence-corrected chi connectivity index (χ3v) is 4.74. The summed E-state index contributed by atoms with van der Waals surface area (Å²) in [5.74, 6) is -1.63. The molecule has 0 saturated carbocycles. The lowest BCUT2D eigenvalue weighted by atomic mass is 10.2. The second-order valence-electron chi connectivity index (χ2n) is 4.94. The zero-order valence-corrected chi connectivity index (χ0v) is 13.4. The predicted molar refractivity (Wildman–Crippen MR) is 80.9 cm³/mol. The van der Waals surface area contributed by atoms with E-state index >= 15 is 0 Å². The average molecular weight is 341 g/mol. The van der Waals surface area contributed by atoms with Gasteiger partial charge in [-0.25, -0.2) is 17.5 Å². The Labute approximate surface area is 132 Å². The summed E-state index contributed by atoms with van der Waals surface area (Å²) in [6.07, 6.45) is 3.00. The number of carbonyl (C=O) groups is 1. The van der Waals surface area contributed by atoms with Crippen LogP contribution < -0.4 is 10.0 Å². The molecule has 2 aromatic rings. The fourth-order valence-electron chi connectivity index (χ4n) is 1.73. The molecule has 1 unspecified atom stereocenters. The van der Waals surface area contributed by atoms with Gasteiger partial charge < -0.3 is 9.84 Å². The van der Waals surface area contributed by atoms with E-state index in [1.165, 1.54) is 12.5 Å². The number of anilines is 1. The maximum atomic E-state index is 13.9. The number of halogens is 1. The third-order valence-electron chi connectivity index (χ3n) is 3.15. The maximum absolute atomic E-state index is 13.9. The minimum Gasteiger partial charge on any atom is -0.363 e. The Morgan fingerprint density at radius 1 is 1.43 bits per heavy atom. The van der Waals surface area contributed by atoms with Crippen molar-refractivity contribution in [2.75, 3.05) is 5.32 Å². The van der Waals surface area contributed by atoms with E-state index in [1.54, 1.807) is 6.92 Å². The Hall–Kier alpha value is -2.26. The number of nitrogens with one attached hydrogen (secondary N) is 2. The summed E-state index contributed by atoms with van der Waals surface area (Å²) in [6, 6.07) is 2.76. The van der Waals surface area contributed by atoms with Gasteiger partial charge in [-0.15, -0.1) is 0 Å². The van der Waals surface area contributed by atoms with Crippen LogP contribution in [0.25, 0.3) is 0 Å². The molecule has 0 saturated heterocycles. The minimum absolute atomic E-state index is 0.185. The number of hydrogen-bond donors (Lipinski definition) is 2. The Bertz CT molecular complexity index is 790. The number of nitrogens with zero attached hydrogens (tertiary/aromatic N) is 1. The lowest BCUT2D eigenvalue weighted by molar-refractivity contribution is 0.102. The van der Waals surface area contributed by atoms with Gasteiger partial charge in [0.1, 0.15) is 17.8 Å². The second-order valence-corrected chi connectivity index (χ2v) is 6.65. The molecule has 0 spiro atoms. The summed E-state index contributed by atoms with van der Waals surface area (Å²) in [4.78, 5) is 11.9. The van der Waals surface area contributed by atoms with Gasteiger partial charge in [0.05, 0.1) is 16.7 Å². The molecule has 0 fully saturated rings. The van der Waals surface area contributed by atoms with E-state index in [0.29, 0.717) is 6.42 Å². The first-order valence-electron chi connectivity index (χ1n) is 6.86. The van der Waals surface area contributed by atoms with Gasteiger partial charge in [0.2, 0.25) is 10.0 Å². The van der Waals surface area contributed by atoms with E-state index in [1.807, 2.05) is 6.92 Å². The molecule has 1 heterocycles. The van der Waals surface area contributed by atoms with Crippen LogP contribution in [0.4, 0.5) is 10.1 Å². The van der Waals surface area contributed by atoms with E-state index in [-0.39, 0.29) is 16.6 Å².